The van der Waals surface area contributed by atoms with Crippen molar-refractivity contribution in [3.05, 3.63) is 42.5 Å². The molecule has 0 bridgehead atoms. The largest absolute Gasteiger partial charge is 0.456 e. The number of carbonyl (C=O) groups is 1. The number of para-hydroxylation sites is 1. The number of likely N-dealkylation sites (tertiary alicyclic amines) is 1. The number of fused-ring (bicyclic) bond motifs is 3. The number of nitrogens with one attached hydrogen (secondary N) is 1. The standard InChI is InChI=1S/C20H22N2O3/c1-2-24-13-14-9-10-22(12-14)20(23)21-15-7-8-17-16-5-3-4-6-18(16)25-19(17)11-15/h3-8,11,14H,2,9-10,12-13H2,1H3,(H,21,23)/t14-/m1/s1. The molecular weight excluding hydrogens is 316 g/mol. The monoisotopic (exact) mass is 338 g/mol. The zero-order valence-electron chi connectivity index (χ0n) is 14.3. The molecule has 3 aromatic rings. The average molecular weight is 338 g/mol. The third-order valence-corrected chi connectivity index (χ3v) is 4.76. The Morgan fingerprint density at radius 1 is 1.24 bits per heavy atom. The highest BCUT2D eigenvalue weighted by Gasteiger charge is 2.26. The van der Waals surface area contributed by atoms with Gasteiger partial charge in [0.25, 0.3) is 0 Å². The van der Waals surface area contributed by atoms with Gasteiger partial charge in [0.05, 0.1) is 6.61 Å². The molecule has 5 nitrogen and oxygen atoms in total. The van der Waals surface area contributed by atoms with E-state index in [1.807, 2.05) is 54.3 Å². The van der Waals surface area contributed by atoms with Crippen LogP contribution in [-0.4, -0.2) is 37.2 Å². The van der Waals surface area contributed by atoms with Gasteiger partial charge in [0, 0.05) is 48.1 Å². The zero-order chi connectivity index (χ0) is 17.2. The van der Waals surface area contributed by atoms with Crippen molar-refractivity contribution in [2.45, 2.75) is 13.3 Å². The van der Waals surface area contributed by atoms with Crippen LogP contribution in [0.2, 0.25) is 0 Å². The van der Waals surface area contributed by atoms with E-state index in [1.165, 1.54) is 0 Å². The second-order valence-corrected chi connectivity index (χ2v) is 6.50. The van der Waals surface area contributed by atoms with Crippen LogP contribution in [0, 0.1) is 5.92 Å². The van der Waals surface area contributed by atoms with Crippen LogP contribution in [0.4, 0.5) is 10.5 Å². The minimum Gasteiger partial charge on any atom is -0.456 e. The lowest BCUT2D eigenvalue weighted by atomic mass is 10.1. The van der Waals surface area contributed by atoms with Crippen LogP contribution in [0.3, 0.4) is 0 Å². The lowest BCUT2D eigenvalue weighted by Crippen LogP contribution is -2.33. The summed E-state index contributed by atoms with van der Waals surface area (Å²) < 4.78 is 11.4. The van der Waals surface area contributed by atoms with E-state index in [0.717, 1.165) is 60.3 Å². The first kappa shape index (κ1) is 16.0. The Balaban J connectivity index is 1.47. The van der Waals surface area contributed by atoms with Crippen molar-refractivity contribution >= 4 is 33.7 Å². The van der Waals surface area contributed by atoms with Gasteiger partial charge in [-0.2, -0.15) is 0 Å². The Morgan fingerprint density at radius 3 is 2.96 bits per heavy atom. The van der Waals surface area contributed by atoms with Gasteiger partial charge in [-0.25, -0.2) is 4.79 Å². The predicted octanol–water partition coefficient (Wildman–Crippen LogP) is 4.48. The molecule has 1 N–H and O–H groups in total. The summed E-state index contributed by atoms with van der Waals surface area (Å²) >= 11 is 0. The number of rotatable bonds is 4. The molecule has 0 unspecified atom stereocenters. The molecule has 1 aromatic heterocycles. The van der Waals surface area contributed by atoms with Crippen LogP contribution < -0.4 is 5.32 Å². The molecule has 0 saturated carbocycles. The molecule has 130 valence electrons. The molecule has 1 aliphatic heterocycles. The van der Waals surface area contributed by atoms with E-state index in [-0.39, 0.29) is 6.03 Å². The van der Waals surface area contributed by atoms with E-state index in [4.69, 9.17) is 9.15 Å². The van der Waals surface area contributed by atoms with E-state index in [2.05, 4.69) is 5.32 Å². The molecule has 1 aliphatic rings. The third kappa shape index (κ3) is 3.20. The SMILES string of the molecule is CCOC[C@@H]1CCN(C(=O)Nc2ccc3c(c2)oc2ccccc23)C1. The Bertz CT molecular complexity index is 902. The zero-order valence-corrected chi connectivity index (χ0v) is 14.3. The summed E-state index contributed by atoms with van der Waals surface area (Å²) in [5.74, 6) is 0.434. The van der Waals surface area contributed by atoms with E-state index >= 15 is 0 Å². The molecule has 0 aliphatic carbocycles. The van der Waals surface area contributed by atoms with Crippen LogP contribution in [0.5, 0.6) is 0 Å². The fraction of sp³-hybridized carbons (Fsp3) is 0.350. The quantitative estimate of drug-likeness (QED) is 0.763. The van der Waals surface area contributed by atoms with Gasteiger partial charge < -0.3 is 19.4 Å². The van der Waals surface area contributed by atoms with Crippen molar-refractivity contribution in [1.29, 1.82) is 0 Å². The highest BCUT2D eigenvalue weighted by Crippen LogP contribution is 2.30. The fourth-order valence-corrected chi connectivity index (χ4v) is 3.44. The molecule has 25 heavy (non-hydrogen) atoms. The Kier molecular flexibility index (Phi) is 4.32. The first-order valence-electron chi connectivity index (χ1n) is 8.79. The van der Waals surface area contributed by atoms with Crippen molar-refractivity contribution in [3.8, 4) is 0 Å². The lowest BCUT2D eigenvalue weighted by Gasteiger charge is -2.17. The molecule has 2 aromatic carbocycles. The first-order valence-corrected chi connectivity index (χ1v) is 8.79. The van der Waals surface area contributed by atoms with Gasteiger partial charge in [-0.15, -0.1) is 0 Å². The lowest BCUT2D eigenvalue weighted by molar-refractivity contribution is 0.113. The number of urea groups is 1. The van der Waals surface area contributed by atoms with E-state index in [1.54, 1.807) is 0 Å². The maximum absolute atomic E-state index is 12.5. The summed E-state index contributed by atoms with van der Waals surface area (Å²) in [7, 11) is 0. The number of nitrogens with zero attached hydrogens (tertiary/aromatic N) is 1. The van der Waals surface area contributed by atoms with E-state index in [0.29, 0.717) is 5.92 Å². The maximum Gasteiger partial charge on any atom is 0.321 e. The summed E-state index contributed by atoms with van der Waals surface area (Å²) in [4.78, 5) is 14.3. The molecule has 0 radical (unpaired) electrons. The second kappa shape index (κ2) is 6.76. The predicted molar refractivity (Wildman–Crippen MR) is 98.9 cm³/mol. The van der Waals surface area contributed by atoms with E-state index < -0.39 is 0 Å². The molecule has 1 atom stereocenters. The molecule has 4 rings (SSSR count). The summed E-state index contributed by atoms with van der Waals surface area (Å²) in [5, 5.41) is 5.14. The first-order chi connectivity index (χ1) is 12.2. The number of carbonyl (C=O) groups excluding carboxylic acids is 1. The molecule has 0 spiro atoms. The second-order valence-electron chi connectivity index (χ2n) is 6.50. The van der Waals surface area contributed by atoms with Crippen LogP contribution in [-0.2, 0) is 4.74 Å². The molecule has 2 amide bonds. The van der Waals surface area contributed by atoms with Crippen LogP contribution in [0.15, 0.2) is 46.9 Å². The topological polar surface area (TPSA) is 54.7 Å². The number of hydrogen-bond donors (Lipinski definition) is 1. The molecular formula is C20H22N2O3. The average Bonchev–Trinajstić information content (AvgIpc) is 3.24. The molecule has 1 fully saturated rings. The van der Waals surface area contributed by atoms with E-state index in [9.17, 15) is 4.79 Å². The molecule has 5 heteroatoms. The summed E-state index contributed by atoms with van der Waals surface area (Å²) in [6, 6.07) is 13.7. The third-order valence-electron chi connectivity index (χ3n) is 4.76. The highest BCUT2D eigenvalue weighted by molar-refractivity contribution is 6.06. The van der Waals surface area contributed by atoms with Gasteiger partial charge in [-0.1, -0.05) is 18.2 Å². The van der Waals surface area contributed by atoms with Crippen molar-refractivity contribution in [3.63, 3.8) is 0 Å². The molecule has 1 saturated heterocycles. The van der Waals surface area contributed by atoms with Crippen molar-refractivity contribution in [2.75, 3.05) is 31.6 Å². The van der Waals surface area contributed by atoms with Gasteiger partial charge >= 0.3 is 6.03 Å². The summed E-state index contributed by atoms with van der Waals surface area (Å²) in [5.41, 5.74) is 2.40. The van der Waals surface area contributed by atoms with Crippen molar-refractivity contribution in [1.82, 2.24) is 4.90 Å². The van der Waals surface area contributed by atoms with Crippen LogP contribution in [0.25, 0.3) is 21.9 Å². The number of ether oxygens (including phenoxy) is 1. The van der Waals surface area contributed by atoms with Crippen LogP contribution in [0.1, 0.15) is 13.3 Å². The number of hydrogen-bond acceptors (Lipinski definition) is 3. The fourth-order valence-electron chi connectivity index (χ4n) is 3.44. The minimum absolute atomic E-state index is 0.0607. The van der Waals surface area contributed by atoms with Gasteiger partial charge in [-0.3, -0.25) is 0 Å². The van der Waals surface area contributed by atoms with Crippen molar-refractivity contribution < 1.29 is 13.9 Å². The smallest absolute Gasteiger partial charge is 0.321 e. The minimum atomic E-state index is -0.0607. The normalized spacial score (nSPS) is 17.5. The van der Waals surface area contributed by atoms with Gasteiger partial charge in [0.15, 0.2) is 0 Å². The van der Waals surface area contributed by atoms with Gasteiger partial charge in [0.1, 0.15) is 11.2 Å². The Labute approximate surface area is 146 Å². The molecule has 2 heterocycles. The summed E-state index contributed by atoms with van der Waals surface area (Å²) in [6.45, 7) is 4.97. The number of furan rings is 1. The van der Waals surface area contributed by atoms with Gasteiger partial charge in [0.2, 0.25) is 0 Å². The number of benzene rings is 2. The van der Waals surface area contributed by atoms with Gasteiger partial charge in [-0.05, 0) is 31.5 Å². The highest BCUT2D eigenvalue weighted by atomic mass is 16.5. The van der Waals surface area contributed by atoms with Crippen molar-refractivity contribution in [2.24, 2.45) is 5.92 Å². The number of amides is 2. The Hall–Kier alpha value is -2.53. The maximum atomic E-state index is 12.5. The Morgan fingerprint density at radius 2 is 2.08 bits per heavy atom. The summed E-state index contributed by atoms with van der Waals surface area (Å²) in [6.07, 6.45) is 0.996. The number of anilines is 1. The van der Waals surface area contributed by atoms with Crippen LogP contribution >= 0.6 is 0 Å².